The molecule has 2 N–H and O–H groups in total. The lowest BCUT2D eigenvalue weighted by Gasteiger charge is -2.32. The van der Waals surface area contributed by atoms with Crippen molar-refractivity contribution in [2.75, 3.05) is 6.61 Å². The normalized spacial score (nSPS) is 24.8. The predicted octanol–water partition coefficient (Wildman–Crippen LogP) is 1.68. The molecule has 7 heteroatoms. The Labute approximate surface area is 147 Å². The lowest BCUT2D eigenvalue weighted by Crippen LogP contribution is -2.60. The number of carbonyl (C=O) groups is 3. The second-order valence-corrected chi connectivity index (χ2v) is 7.87. The molecule has 1 aliphatic heterocycles. The van der Waals surface area contributed by atoms with Gasteiger partial charge in [-0.05, 0) is 31.7 Å². The molecule has 1 saturated heterocycles. The van der Waals surface area contributed by atoms with Gasteiger partial charge in [-0.25, -0.2) is 0 Å². The van der Waals surface area contributed by atoms with E-state index in [1.165, 1.54) is 18.6 Å². The van der Waals surface area contributed by atoms with Crippen LogP contribution in [0.5, 0.6) is 0 Å². The molecule has 3 atom stereocenters. The molecule has 0 saturated carbocycles. The minimum atomic E-state index is -1.09. The van der Waals surface area contributed by atoms with Crippen LogP contribution in [0.15, 0.2) is 23.0 Å². The maximum Gasteiger partial charge on any atom is 0.255 e. The van der Waals surface area contributed by atoms with Crippen LogP contribution < -0.4 is 10.6 Å². The zero-order chi connectivity index (χ0) is 18.8. The van der Waals surface area contributed by atoms with Crippen molar-refractivity contribution < 1.29 is 23.5 Å². The highest BCUT2D eigenvalue weighted by atomic mass is 16.5. The molecule has 2 heterocycles. The highest BCUT2D eigenvalue weighted by Crippen LogP contribution is 2.25. The number of ketones is 1. The van der Waals surface area contributed by atoms with Crippen LogP contribution in [0.1, 0.15) is 51.4 Å². The Morgan fingerprint density at radius 2 is 2.08 bits per heavy atom. The lowest BCUT2D eigenvalue weighted by molar-refractivity contribution is -0.131. The quantitative estimate of drug-likeness (QED) is 0.842. The molecule has 1 fully saturated rings. The summed E-state index contributed by atoms with van der Waals surface area (Å²) >= 11 is 0. The van der Waals surface area contributed by atoms with Gasteiger partial charge in [-0.3, -0.25) is 14.4 Å². The van der Waals surface area contributed by atoms with Gasteiger partial charge < -0.3 is 19.8 Å². The van der Waals surface area contributed by atoms with Gasteiger partial charge in [0.05, 0.1) is 17.9 Å². The fourth-order valence-electron chi connectivity index (χ4n) is 2.72. The molecular formula is C18H26N2O5. The van der Waals surface area contributed by atoms with E-state index in [-0.39, 0.29) is 17.8 Å². The van der Waals surface area contributed by atoms with Crippen molar-refractivity contribution in [3.05, 3.63) is 24.2 Å². The van der Waals surface area contributed by atoms with Gasteiger partial charge in [-0.1, -0.05) is 20.8 Å². The summed E-state index contributed by atoms with van der Waals surface area (Å²) in [7, 11) is 0. The minimum absolute atomic E-state index is 0.0245. The number of hydrogen-bond donors (Lipinski definition) is 2. The largest absolute Gasteiger partial charge is 0.472 e. The van der Waals surface area contributed by atoms with Crippen LogP contribution in [0.2, 0.25) is 0 Å². The molecule has 2 rings (SSSR count). The van der Waals surface area contributed by atoms with E-state index >= 15 is 0 Å². The predicted molar refractivity (Wildman–Crippen MR) is 91.0 cm³/mol. The van der Waals surface area contributed by atoms with Crippen LogP contribution >= 0.6 is 0 Å². The fourth-order valence-corrected chi connectivity index (χ4v) is 2.72. The van der Waals surface area contributed by atoms with Crippen molar-refractivity contribution in [3.8, 4) is 0 Å². The minimum Gasteiger partial charge on any atom is -0.472 e. The Morgan fingerprint density at radius 3 is 2.56 bits per heavy atom. The van der Waals surface area contributed by atoms with Gasteiger partial charge in [0.15, 0.2) is 5.78 Å². The summed E-state index contributed by atoms with van der Waals surface area (Å²) < 4.78 is 10.2. The molecular weight excluding hydrogens is 324 g/mol. The van der Waals surface area contributed by atoms with E-state index in [0.717, 1.165) is 0 Å². The zero-order valence-electron chi connectivity index (χ0n) is 15.3. The van der Waals surface area contributed by atoms with Crippen molar-refractivity contribution >= 4 is 17.6 Å². The summed E-state index contributed by atoms with van der Waals surface area (Å²) in [6, 6.07) is 0.749. The maximum absolute atomic E-state index is 12.8. The number of ether oxygens (including phenoxy) is 1. The molecule has 138 valence electrons. The van der Waals surface area contributed by atoms with Crippen molar-refractivity contribution in [1.29, 1.82) is 0 Å². The monoisotopic (exact) mass is 350 g/mol. The van der Waals surface area contributed by atoms with Crippen LogP contribution in [-0.2, 0) is 14.3 Å². The Bertz CT molecular complexity index is 647. The van der Waals surface area contributed by atoms with E-state index in [1.54, 1.807) is 13.8 Å². The lowest BCUT2D eigenvalue weighted by atomic mass is 9.86. The SMILES string of the molecule is C[C@H]1OCC(=O)[C@]1(C)NC(=O)[C@@H](CC(C)(C)C)NC(=O)c1ccoc1. The van der Waals surface area contributed by atoms with E-state index in [9.17, 15) is 14.4 Å². The molecule has 0 aliphatic carbocycles. The smallest absolute Gasteiger partial charge is 0.255 e. The summed E-state index contributed by atoms with van der Waals surface area (Å²) in [5.74, 6) is -0.977. The number of carbonyl (C=O) groups excluding carboxylic acids is 3. The standard InChI is InChI=1S/C18H26N2O5/c1-11-18(5,14(21)10-25-11)20-16(23)13(8-17(2,3)4)19-15(22)12-6-7-24-9-12/h6-7,9,11,13H,8,10H2,1-5H3,(H,19,22)(H,20,23)/t11-,13-,18-/m1/s1. The van der Waals surface area contributed by atoms with Gasteiger partial charge in [-0.15, -0.1) is 0 Å². The number of amides is 2. The number of rotatable bonds is 5. The Hall–Kier alpha value is -2.15. The van der Waals surface area contributed by atoms with Crippen molar-refractivity contribution in [2.24, 2.45) is 5.41 Å². The maximum atomic E-state index is 12.8. The summed E-state index contributed by atoms with van der Waals surface area (Å²) in [5, 5.41) is 5.51. The molecule has 0 bridgehead atoms. The van der Waals surface area contributed by atoms with Crippen LogP contribution in [-0.4, -0.2) is 41.9 Å². The van der Waals surface area contributed by atoms with Crippen LogP contribution in [0.4, 0.5) is 0 Å². The Kier molecular flexibility index (Phi) is 5.37. The van der Waals surface area contributed by atoms with Crippen LogP contribution in [0.3, 0.4) is 0 Å². The van der Waals surface area contributed by atoms with Gasteiger partial charge in [0.2, 0.25) is 5.91 Å². The average Bonchev–Trinajstić information content (AvgIpc) is 3.11. The zero-order valence-corrected chi connectivity index (χ0v) is 15.3. The van der Waals surface area contributed by atoms with Crippen molar-refractivity contribution in [1.82, 2.24) is 10.6 Å². The first kappa shape index (κ1) is 19.2. The van der Waals surface area contributed by atoms with E-state index in [0.29, 0.717) is 12.0 Å². The third-order valence-corrected chi connectivity index (χ3v) is 4.46. The Balaban J connectivity index is 2.15. The van der Waals surface area contributed by atoms with Gasteiger partial charge in [0, 0.05) is 0 Å². The third kappa shape index (κ3) is 4.48. The molecule has 25 heavy (non-hydrogen) atoms. The highest BCUT2D eigenvalue weighted by Gasteiger charge is 2.47. The summed E-state index contributed by atoms with van der Waals surface area (Å²) in [4.78, 5) is 37.3. The molecule has 1 aliphatic rings. The van der Waals surface area contributed by atoms with Crippen molar-refractivity contribution in [3.63, 3.8) is 0 Å². The molecule has 2 amide bonds. The van der Waals surface area contributed by atoms with Crippen molar-refractivity contribution in [2.45, 2.75) is 58.7 Å². The molecule has 1 aromatic rings. The molecule has 7 nitrogen and oxygen atoms in total. The second-order valence-electron chi connectivity index (χ2n) is 7.87. The first-order chi connectivity index (χ1) is 11.5. The highest BCUT2D eigenvalue weighted by molar-refractivity contribution is 6.00. The molecule has 0 unspecified atom stereocenters. The van der Waals surface area contributed by atoms with Gasteiger partial charge in [0.25, 0.3) is 5.91 Å². The van der Waals surface area contributed by atoms with Gasteiger partial charge in [-0.2, -0.15) is 0 Å². The van der Waals surface area contributed by atoms with Crippen LogP contribution in [0, 0.1) is 5.41 Å². The number of nitrogens with one attached hydrogen (secondary N) is 2. The van der Waals surface area contributed by atoms with Gasteiger partial charge in [0.1, 0.15) is 24.5 Å². The van der Waals surface area contributed by atoms with E-state index in [4.69, 9.17) is 9.15 Å². The van der Waals surface area contributed by atoms with E-state index < -0.39 is 29.5 Å². The van der Waals surface area contributed by atoms with E-state index in [2.05, 4.69) is 10.6 Å². The molecule has 1 aromatic heterocycles. The fraction of sp³-hybridized carbons (Fsp3) is 0.611. The Morgan fingerprint density at radius 1 is 1.40 bits per heavy atom. The first-order valence-corrected chi connectivity index (χ1v) is 8.33. The number of hydrogen-bond acceptors (Lipinski definition) is 5. The van der Waals surface area contributed by atoms with Gasteiger partial charge >= 0.3 is 0 Å². The second kappa shape index (κ2) is 7.00. The third-order valence-electron chi connectivity index (χ3n) is 4.46. The molecule has 0 aromatic carbocycles. The molecule has 0 spiro atoms. The summed E-state index contributed by atoms with van der Waals surface area (Å²) in [6.07, 6.45) is 2.70. The average molecular weight is 350 g/mol. The summed E-state index contributed by atoms with van der Waals surface area (Å²) in [5.41, 5.74) is -0.950. The molecule has 0 radical (unpaired) electrons. The topological polar surface area (TPSA) is 97.6 Å². The summed E-state index contributed by atoms with van der Waals surface area (Å²) in [6.45, 7) is 9.30. The number of furan rings is 1. The van der Waals surface area contributed by atoms with Crippen LogP contribution in [0.25, 0.3) is 0 Å². The van der Waals surface area contributed by atoms with E-state index in [1.807, 2.05) is 20.8 Å². The first-order valence-electron chi connectivity index (χ1n) is 8.33. The number of Topliss-reactive ketones (excluding diaryl/α,β-unsaturated/α-hetero) is 1.